The van der Waals surface area contributed by atoms with Crippen molar-refractivity contribution in [3.8, 4) is 11.5 Å². The molecule has 0 bridgehead atoms. The number of oxazole rings is 1. The molecule has 1 heterocycles. The molecule has 0 saturated heterocycles. The monoisotopic (exact) mass is 346 g/mol. The summed E-state index contributed by atoms with van der Waals surface area (Å²) in [6, 6.07) is 8.07. The Kier molecular flexibility index (Phi) is 7.16. The SMILES string of the molecule is COC(CNC(=O)CCCc1nc(-c2ccc(C)cc2)oc1C)OC. The van der Waals surface area contributed by atoms with Crippen molar-refractivity contribution in [2.24, 2.45) is 0 Å². The lowest BCUT2D eigenvalue weighted by Gasteiger charge is -2.13. The fourth-order valence-electron chi connectivity index (χ4n) is 2.44. The van der Waals surface area contributed by atoms with Crippen LogP contribution in [0.2, 0.25) is 0 Å². The van der Waals surface area contributed by atoms with Crippen LogP contribution in [-0.4, -0.2) is 37.9 Å². The molecule has 0 radical (unpaired) electrons. The van der Waals surface area contributed by atoms with Gasteiger partial charge in [-0.2, -0.15) is 0 Å². The van der Waals surface area contributed by atoms with Crippen molar-refractivity contribution < 1.29 is 18.7 Å². The molecular formula is C19H26N2O4. The highest BCUT2D eigenvalue weighted by atomic mass is 16.7. The summed E-state index contributed by atoms with van der Waals surface area (Å²) in [5, 5.41) is 2.79. The first kappa shape index (κ1) is 19.1. The quantitative estimate of drug-likeness (QED) is 0.707. The second-order valence-electron chi connectivity index (χ2n) is 5.95. The van der Waals surface area contributed by atoms with Crippen LogP contribution in [0.3, 0.4) is 0 Å². The van der Waals surface area contributed by atoms with Crippen LogP contribution in [-0.2, 0) is 20.7 Å². The van der Waals surface area contributed by atoms with Crippen molar-refractivity contribution in [2.75, 3.05) is 20.8 Å². The summed E-state index contributed by atoms with van der Waals surface area (Å²) in [5.74, 6) is 1.40. The molecule has 1 aromatic heterocycles. The van der Waals surface area contributed by atoms with Gasteiger partial charge in [0.15, 0.2) is 6.29 Å². The Morgan fingerprint density at radius 1 is 1.20 bits per heavy atom. The van der Waals surface area contributed by atoms with Crippen molar-refractivity contribution in [1.29, 1.82) is 0 Å². The molecule has 2 aromatic rings. The zero-order chi connectivity index (χ0) is 18.2. The van der Waals surface area contributed by atoms with E-state index in [0.717, 1.165) is 17.0 Å². The topological polar surface area (TPSA) is 73.6 Å². The van der Waals surface area contributed by atoms with Crippen molar-refractivity contribution in [3.63, 3.8) is 0 Å². The predicted molar refractivity (Wildman–Crippen MR) is 95.2 cm³/mol. The third-order valence-corrected chi connectivity index (χ3v) is 4.00. The van der Waals surface area contributed by atoms with E-state index in [1.54, 1.807) is 14.2 Å². The molecule has 136 valence electrons. The van der Waals surface area contributed by atoms with E-state index in [4.69, 9.17) is 13.9 Å². The largest absolute Gasteiger partial charge is 0.441 e. The van der Waals surface area contributed by atoms with Crippen LogP contribution in [0.15, 0.2) is 28.7 Å². The number of benzene rings is 1. The maximum atomic E-state index is 11.8. The van der Waals surface area contributed by atoms with Crippen LogP contribution in [0, 0.1) is 13.8 Å². The van der Waals surface area contributed by atoms with Crippen molar-refractivity contribution in [2.45, 2.75) is 39.4 Å². The molecular weight excluding hydrogens is 320 g/mol. The number of carbonyl (C=O) groups excluding carboxylic acids is 1. The number of aryl methyl sites for hydroxylation is 3. The fourth-order valence-corrected chi connectivity index (χ4v) is 2.44. The normalized spacial score (nSPS) is 11.1. The lowest BCUT2D eigenvalue weighted by molar-refractivity contribution is -0.127. The van der Waals surface area contributed by atoms with Gasteiger partial charge in [0.25, 0.3) is 0 Å². The summed E-state index contributed by atoms with van der Waals surface area (Å²) in [4.78, 5) is 16.4. The molecule has 25 heavy (non-hydrogen) atoms. The number of ether oxygens (including phenoxy) is 2. The first-order valence-corrected chi connectivity index (χ1v) is 8.39. The first-order chi connectivity index (χ1) is 12.0. The van der Waals surface area contributed by atoms with Gasteiger partial charge in [-0.3, -0.25) is 4.79 Å². The van der Waals surface area contributed by atoms with E-state index >= 15 is 0 Å². The fraction of sp³-hybridized carbons (Fsp3) is 0.474. The smallest absolute Gasteiger partial charge is 0.226 e. The van der Waals surface area contributed by atoms with Gasteiger partial charge in [0.05, 0.1) is 12.2 Å². The summed E-state index contributed by atoms with van der Waals surface area (Å²) < 4.78 is 15.8. The van der Waals surface area contributed by atoms with Crippen LogP contribution in [0.25, 0.3) is 11.5 Å². The Morgan fingerprint density at radius 2 is 1.88 bits per heavy atom. The maximum absolute atomic E-state index is 11.8. The van der Waals surface area contributed by atoms with Crippen molar-refractivity contribution >= 4 is 5.91 Å². The van der Waals surface area contributed by atoms with Gasteiger partial charge in [-0.25, -0.2) is 4.98 Å². The molecule has 0 saturated carbocycles. The van der Waals surface area contributed by atoms with Gasteiger partial charge in [-0.15, -0.1) is 0 Å². The molecule has 6 nitrogen and oxygen atoms in total. The molecule has 0 fully saturated rings. The minimum Gasteiger partial charge on any atom is -0.441 e. The summed E-state index contributed by atoms with van der Waals surface area (Å²) in [6.07, 6.45) is 1.41. The van der Waals surface area contributed by atoms with Crippen molar-refractivity contribution in [3.05, 3.63) is 41.3 Å². The number of methoxy groups -OCH3 is 2. The Morgan fingerprint density at radius 3 is 2.52 bits per heavy atom. The number of carbonyl (C=O) groups is 1. The Balaban J connectivity index is 1.83. The van der Waals surface area contributed by atoms with Crippen LogP contribution in [0.4, 0.5) is 0 Å². The van der Waals surface area contributed by atoms with Gasteiger partial charge in [0, 0.05) is 26.2 Å². The van der Waals surface area contributed by atoms with E-state index in [0.29, 0.717) is 31.7 Å². The Labute approximate surface area is 148 Å². The third-order valence-electron chi connectivity index (χ3n) is 4.00. The van der Waals surface area contributed by atoms with Crippen molar-refractivity contribution in [1.82, 2.24) is 10.3 Å². The summed E-state index contributed by atoms with van der Waals surface area (Å²) in [5.41, 5.74) is 3.06. The molecule has 6 heteroatoms. The van der Waals surface area contributed by atoms with Gasteiger partial charge in [-0.05, 0) is 38.8 Å². The number of nitrogens with one attached hydrogen (secondary N) is 1. The summed E-state index contributed by atoms with van der Waals surface area (Å²) in [6.45, 7) is 4.29. The second-order valence-corrected chi connectivity index (χ2v) is 5.95. The molecule has 0 unspecified atom stereocenters. The van der Waals surface area contributed by atoms with Gasteiger partial charge < -0.3 is 19.2 Å². The van der Waals surface area contributed by atoms with Gasteiger partial charge in [-0.1, -0.05) is 17.7 Å². The molecule has 0 aliphatic heterocycles. The minimum absolute atomic E-state index is 0.0287. The zero-order valence-electron chi connectivity index (χ0n) is 15.3. The highest BCUT2D eigenvalue weighted by Gasteiger charge is 2.12. The standard InChI is InChI=1S/C19H26N2O4/c1-13-8-10-15(11-9-13)19-21-16(14(2)25-19)6-5-7-17(22)20-12-18(23-3)24-4/h8-11,18H,5-7,12H2,1-4H3,(H,20,22). The lowest BCUT2D eigenvalue weighted by Crippen LogP contribution is -2.34. The number of hydrogen-bond donors (Lipinski definition) is 1. The predicted octanol–water partition coefficient (Wildman–Crippen LogP) is 3.02. The highest BCUT2D eigenvalue weighted by Crippen LogP contribution is 2.23. The summed E-state index contributed by atoms with van der Waals surface area (Å²) >= 11 is 0. The highest BCUT2D eigenvalue weighted by molar-refractivity contribution is 5.75. The molecule has 1 N–H and O–H groups in total. The van der Waals surface area contributed by atoms with E-state index < -0.39 is 6.29 Å². The average Bonchev–Trinajstić information content (AvgIpc) is 2.97. The molecule has 1 aromatic carbocycles. The minimum atomic E-state index is -0.418. The average molecular weight is 346 g/mol. The zero-order valence-corrected chi connectivity index (χ0v) is 15.3. The van der Waals surface area contributed by atoms with Crippen LogP contribution >= 0.6 is 0 Å². The number of amides is 1. The van der Waals surface area contributed by atoms with E-state index in [2.05, 4.69) is 10.3 Å². The van der Waals surface area contributed by atoms with Gasteiger partial charge >= 0.3 is 0 Å². The third kappa shape index (κ3) is 5.69. The molecule has 0 spiro atoms. The van der Waals surface area contributed by atoms with E-state index in [1.807, 2.05) is 38.1 Å². The van der Waals surface area contributed by atoms with E-state index in [9.17, 15) is 4.79 Å². The number of aromatic nitrogens is 1. The Hall–Kier alpha value is -2.18. The number of hydrogen-bond acceptors (Lipinski definition) is 5. The molecule has 0 aliphatic carbocycles. The first-order valence-electron chi connectivity index (χ1n) is 8.39. The second kappa shape index (κ2) is 9.34. The van der Waals surface area contributed by atoms with Gasteiger partial charge in [0.2, 0.25) is 11.8 Å². The molecule has 0 aliphatic rings. The molecule has 1 amide bonds. The molecule has 2 rings (SSSR count). The van der Waals surface area contributed by atoms with Crippen LogP contribution in [0.5, 0.6) is 0 Å². The number of nitrogens with zero attached hydrogens (tertiary/aromatic N) is 1. The maximum Gasteiger partial charge on any atom is 0.226 e. The van der Waals surface area contributed by atoms with E-state index in [1.165, 1.54) is 5.56 Å². The number of rotatable bonds is 9. The van der Waals surface area contributed by atoms with Crippen LogP contribution < -0.4 is 5.32 Å². The molecule has 0 atom stereocenters. The van der Waals surface area contributed by atoms with Gasteiger partial charge in [0.1, 0.15) is 5.76 Å². The van der Waals surface area contributed by atoms with E-state index in [-0.39, 0.29) is 5.91 Å². The van der Waals surface area contributed by atoms with Crippen LogP contribution in [0.1, 0.15) is 29.9 Å². The Bertz CT molecular complexity index is 675. The lowest BCUT2D eigenvalue weighted by atomic mass is 10.1. The summed E-state index contributed by atoms with van der Waals surface area (Å²) in [7, 11) is 3.08.